The quantitative estimate of drug-likeness (QED) is 0.651. The topological polar surface area (TPSA) is 105 Å². The Morgan fingerprint density at radius 3 is 2.42 bits per heavy atom. The number of anilines is 1. The van der Waals surface area contributed by atoms with Crippen LogP contribution in [0.5, 0.6) is 5.75 Å². The Morgan fingerprint density at radius 1 is 1.17 bits per heavy atom. The number of amides is 2. The van der Waals surface area contributed by atoms with Crippen LogP contribution in [0.25, 0.3) is 6.08 Å². The number of hydrogen-bond donors (Lipinski definition) is 2. The molecule has 0 aliphatic carbocycles. The number of carbonyl (C=O) groups excluding carboxylic acids is 2. The number of ether oxygens (including phenoxy) is 1. The summed E-state index contributed by atoms with van der Waals surface area (Å²) >= 11 is 0. The lowest BCUT2D eigenvalue weighted by atomic mass is 10.1. The SMILES string of the molecule is COc1ccccc1/C=C(\C#N)C(=O)Nc1ccc(C(N)=O)cc1. The molecule has 6 heteroatoms. The first-order valence-corrected chi connectivity index (χ1v) is 7.01. The molecule has 0 atom stereocenters. The zero-order valence-electron chi connectivity index (χ0n) is 12.9. The largest absolute Gasteiger partial charge is 0.496 e. The lowest BCUT2D eigenvalue weighted by Crippen LogP contribution is -2.14. The predicted octanol–water partition coefficient (Wildman–Crippen LogP) is 2.34. The average Bonchev–Trinajstić information content (AvgIpc) is 2.60. The van der Waals surface area contributed by atoms with Crippen molar-refractivity contribution in [1.82, 2.24) is 0 Å². The Labute approximate surface area is 139 Å². The van der Waals surface area contributed by atoms with Crippen LogP contribution in [0.1, 0.15) is 15.9 Å². The van der Waals surface area contributed by atoms with Crippen LogP contribution in [-0.4, -0.2) is 18.9 Å². The van der Waals surface area contributed by atoms with E-state index in [-0.39, 0.29) is 5.57 Å². The van der Waals surface area contributed by atoms with Gasteiger partial charge in [-0.25, -0.2) is 0 Å². The van der Waals surface area contributed by atoms with Crippen LogP contribution in [0, 0.1) is 11.3 Å². The van der Waals surface area contributed by atoms with Crippen molar-refractivity contribution in [2.24, 2.45) is 5.73 Å². The lowest BCUT2D eigenvalue weighted by Gasteiger charge is -2.07. The van der Waals surface area contributed by atoms with Crippen molar-refractivity contribution in [3.63, 3.8) is 0 Å². The average molecular weight is 321 g/mol. The van der Waals surface area contributed by atoms with Crippen LogP contribution < -0.4 is 15.8 Å². The van der Waals surface area contributed by atoms with Crippen molar-refractivity contribution in [3.8, 4) is 11.8 Å². The first-order valence-electron chi connectivity index (χ1n) is 7.01. The Kier molecular flexibility index (Phi) is 5.32. The molecule has 6 nitrogen and oxygen atoms in total. The van der Waals surface area contributed by atoms with E-state index < -0.39 is 11.8 Å². The fourth-order valence-electron chi connectivity index (χ4n) is 2.01. The second-order valence-electron chi connectivity index (χ2n) is 4.81. The number of nitrogens with one attached hydrogen (secondary N) is 1. The van der Waals surface area contributed by atoms with Crippen molar-refractivity contribution in [3.05, 3.63) is 65.2 Å². The number of rotatable bonds is 5. The van der Waals surface area contributed by atoms with Crippen LogP contribution in [0.4, 0.5) is 5.69 Å². The third-order valence-corrected chi connectivity index (χ3v) is 3.23. The van der Waals surface area contributed by atoms with Gasteiger partial charge in [0.2, 0.25) is 5.91 Å². The summed E-state index contributed by atoms with van der Waals surface area (Å²) < 4.78 is 5.19. The highest BCUT2D eigenvalue weighted by atomic mass is 16.5. The van der Waals surface area contributed by atoms with E-state index in [9.17, 15) is 14.9 Å². The number of nitrogens with zero attached hydrogens (tertiary/aromatic N) is 1. The highest BCUT2D eigenvalue weighted by Crippen LogP contribution is 2.21. The van der Waals surface area contributed by atoms with E-state index in [0.717, 1.165) is 0 Å². The molecule has 3 N–H and O–H groups in total. The maximum atomic E-state index is 12.2. The Morgan fingerprint density at radius 2 is 1.83 bits per heavy atom. The highest BCUT2D eigenvalue weighted by molar-refractivity contribution is 6.10. The van der Waals surface area contributed by atoms with Crippen molar-refractivity contribution >= 4 is 23.6 Å². The van der Waals surface area contributed by atoms with Crippen LogP contribution in [-0.2, 0) is 4.79 Å². The Balaban J connectivity index is 2.21. The van der Waals surface area contributed by atoms with E-state index in [2.05, 4.69) is 5.32 Å². The van der Waals surface area contributed by atoms with Gasteiger partial charge in [0.15, 0.2) is 0 Å². The molecule has 0 unspecified atom stereocenters. The van der Waals surface area contributed by atoms with Gasteiger partial charge in [-0.05, 0) is 36.4 Å². The van der Waals surface area contributed by atoms with Gasteiger partial charge < -0.3 is 15.8 Å². The summed E-state index contributed by atoms with van der Waals surface area (Å²) in [5.74, 6) is -0.555. The van der Waals surface area contributed by atoms with Crippen molar-refractivity contribution in [1.29, 1.82) is 5.26 Å². The van der Waals surface area contributed by atoms with Gasteiger partial charge in [-0.2, -0.15) is 5.26 Å². The van der Waals surface area contributed by atoms with Crippen molar-refractivity contribution in [2.75, 3.05) is 12.4 Å². The van der Waals surface area contributed by atoms with E-state index in [0.29, 0.717) is 22.6 Å². The third-order valence-electron chi connectivity index (χ3n) is 3.23. The van der Waals surface area contributed by atoms with Crippen LogP contribution in [0.15, 0.2) is 54.1 Å². The lowest BCUT2D eigenvalue weighted by molar-refractivity contribution is -0.112. The molecule has 0 spiro atoms. The minimum atomic E-state index is -0.560. The summed E-state index contributed by atoms with van der Waals surface area (Å²) in [5.41, 5.74) is 6.49. The van der Waals surface area contributed by atoms with Gasteiger partial charge >= 0.3 is 0 Å². The molecule has 120 valence electrons. The molecule has 2 aromatic carbocycles. The maximum Gasteiger partial charge on any atom is 0.266 e. The molecule has 0 aromatic heterocycles. The molecule has 0 aliphatic rings. The van der Waals surface area contributed by atoms with Gasteiger partial charge in [0.25, 0.3) is 5.91 Å². The minimum absolute atomic E-state index is 0.0709. The molecular formula is C18H15N3O3. The molecule has 24 heavy (non-hydrogen) atoms. The molecule has 0 saturated heterocycles. The van der Waals surface area contributed by atoms with E-state index in [1.165, 1.54) is 37.5 Å². The van der Waals surface area contributed by atoms with E-state index in [1.54, 1.807) is 24.3 Å². The molecule has 0 aliphatic heterocycles. The summed E-state index contributed by atoms with van der Waals surface area (Å²) in [4.78, 5) is 23.3. The van der Waals surface area contributed by atoms with Gasteiger partial charge in [-0.1, -0.05) is 18.2 Å². The number of nitrogens with two attached hydrogens (primary N) is 1. The molecule has 0 heterocycles. The molecule has 0 bridgehead atoms. The third kappa shape index (κ3) is 3.99. The van der Waals surface area contributed by atoms with Crippen LogP contribution in [0.3, 0.4) is 0 Å². The summed E-state index contributed by atoms with van der Waals surface area (Å²) in [6.45, 7) is 0. The first-order chi connectivity index (χ1) is 11.5. The Bertz CT molecular complexity index is 833. The smallest absolute Gasteiger partial charge is 0.266 e. The number of methoxy groups -OCH3 is 1. The van der Waals surface area contributed by atoms with Crippen molar-refractivity contribution in [2.45, 2.75) is 0 Å². The summed E-state index contributed by atoms with van der Waals surface area (Å²) in [5, 5.41) is 11.8. The number of nitriles is 1. The number of carbonyl (C=O) groups is 2. The first kappa shape index (κ1) is 16.8. The number of para-hydroxylation sites is 1. The summed E-state index contributed by atoms with van der Waals surface area (Å²) in [6, 6.07) is 15.0. The zero-order valence-corrected chi connectivity index (χ0v) is 12.9. The van der Waals surface area contributed by atoms with Gasteiger partial charge in [0.1, 0.15) is 17.4 Å². The van der Waals surface area contributed by atoms with E-state index in [1.807, 2.05) is 6.07 Å². The molecule has 0 radical (unpaired) electrons. The molecule has 2 aromatic rings. The fourth-order valence-corrected chi connectivity index (χ4v) is 2.01. The summed E-state index contributed by atoms with van der Waals surface area (Å²) in [7, 11) is 1.51. The predicted molar refractivity (Wildman–Crippen MR) is 90.2 cm³/mol. The molecular weight excluding hydrogens is 306 g/mol. The second-order valence-corrected chi connectivity index (χ2v) is 4.81. The molecule has 2 amide bonds. The Hall–Kier alpha value is -3.59. The standard InChI is InChI=1S/C18H15N3O3/c1-24-16-5-3-2-4-13(16)10-14(11-19)18(23)21-15-8-6-12(7-9-15)17(20)22/h2-10H,1H3,(H2,20,22)(H,21,23)/b14-10+. The van der Waals surface area contributed by atoms with E-state index in [4.69, 9.17) is 10.5 Å². The van der Waals surface area contributed by atoms with E-state index >= 15 is 0 Å². The van der Waals surface area contributed by atoms with Crippen LogP contribution in [0.2, 0.25) is 0 Å². The zero-order chi connectivity index (χ0) is 17.5. The maximum absolute atomic E-state index is 12.2. The van der Waals surface area contributed by atoms with Gasteiger partial charge in [0, 0.05) is 16.8 Å². The normalized spacial score (nSPS) is 10.6. The number of hydrogen-bond acceptors (Lipinski definition) is 4. The number of benzene rings is 2. The minimum Gasteiger partial charge on any atom is -0.496 e. The highest BCUT2D eigenvalue weighted by Gasteiger charge is 2.11. The van der Waals surface area contributed by atoms with Gasteiger partial charge in [0.05, 0.1) is 7.11 Å². The van der Waals surface area contributed by atoms with Crippen LogP contribution >= 0.6 is 0 Å². The molecule has 2 rings (SSSR count). The fraction of sp³-hybridized carbons (Fsp3) is 0.0556. The van der Waals surface area contributed by atoms with Gasteiger partial charge in [-0.3, -0.25) is 9.59 Å². The monoisotopic (exact) mass is 321 g/mol. The number of primary amides is 1. The molecule has 0 fully saturated rings. The van der Waals surface area contributed by atoms with Crippen molar-refractivity contribution < 1.29 is 14.3 Å². The van der Waals surface area contributed by atoms with Gasteiger partial charge in [-0.15, -0.1) is 0 Å². The molecule has 0 saturated carbocycles. The summed E-state index contributed by atoms with van der Waals surface area (Å²) in [6.07, 6.45) is 1.45. The second kappa shape index (κ2) is 7.61.